The molecule has 3 aromatic rings. The Morgan fingerprint density at radius 2 is 1.81 bits per heavy atom. The average molecular weight is 383 g/mol. The van der Waals surface area contributed by atoms with E-state index in [0.717, 1.165) is 11.4 Å². The van der Waals surface area contributed by atoms with Gasteiger partial charge in [0.25, 0.3) is 5.91 Å². The third-order valence-electron chi connectivity index (χ3n) is 4.22. The van der Waals surface area contributed by atoms with Crippen LogP contribution in [0.15, 0.2) is 48.5 Å². The maximum absolute atomic E-state index is 12.5. The Labute approximate surface area is 162 Å². The van der Waals surface area contributed by atoms with E-state index < -0.39 is 0 Å². The molecule has 3 rings (SSSR count). The van der Waals surface area contributed by atoms with E-state index in [0.29, 0.717) is 22.2 Å². The molecule has 1 heterocycles. The van der Waals surface area contributed by atoms with E-state index in [2.05, 4.69) is 34.6 Å². The molecule has 1 N–H and O–H groups in total. The van der Waals surface area contributed by atoms with Gasteiger partial charge in [0, 0.05) is 11.5 Å². The number of nitrogens with zero attached hydrogens (tertiary/aromatic N) is 2. The van der Waals surface area contributed by atoms with Crippen molar-refractivity contribution in [3.05, 3.63) is 64.7 Å². The Balaban J connectivity index is 1.76. The van der Waals surface area contributed by atoms with Gasteiger partial charge in [0.05, 0.1) is 14.2 Å². The van der Waals surface area contributed by atoms with Gasteiger partial charge in [-0.25, -0.2) is 0 Å². The quantitative estimate of drug-likeness (QED) is 0.657. The van der Waals surface area contributed by atoms with Crippen molar-refractivity contribution in [2.24, 2.45) is 0 Å². The topological polar surface area (TPSA) is 73.3 Å². The number of hydrogen-bond acceptors (Lipinski definition) is 6. The summed E-state index contributed by atoms with van der Waals surface area (Å²) in [6.07, 6.45) is 0.905. The van der Waals surface area contributed by atoms with E-state index in [4.69, 9.17) is 9.47 Å². The summed E-state index contributed by atoms with van der Waals surface area (Å²) in [6.45, 7) is 2.11. The molecule has 0 unspecified atom stereocenters. The van der Waals surface area contributed by atoms with Crippen molar-refractivity contribution in [2.45, 2.75) is 19.3 Å². The number of nitrogens with one attached hydrogen (secondary N) is 1. The van der Waals surface area contributed by atoms with Gasteiger partial charge in [-0.3, -0.25) is 10.1 Å². The lowest BCUT2D eigenvalue weighted by Crippen LogP contribution is -2.12. The number of carbonyl (C=O) groups is 1. The zero-order valence-electron chi connectivity index (χ0n) is 15.4. The fourth-order valence-corrected chi connectivity index (χ4v) is 3.76. The van der Waals surface area contributed by atoms with Gasteiger partial charge >= 0.3 is 0 Å². The van der Waals surface area contributed by atoms with Crippen molar-refractivity contribution in [2.75, 3.05) is 19.5 Å². The SMILES string of the molecule is CC[C@H](c1ccccc1)c1nnc(NC(=O)c2ccc(OC)c(OC)c2)s1. The summed E-state index contributed by atoms with van der Waals surface area (Å²) in [5.74, 6) is 0.959. The molecule has 1 aromatic heterocycles. The van der Waals surface area contributed by atoms with Crippen molar-refractivity contribution in [1.82, 2.24) is 10.2 Å². The Bertz CT molecular complexity index is 912. The van der Waals surface area contributed by atoms with Crippen molar-refractivity contribution in [3.63, 3.8) is 0 Å². The molecule has 27 heavy (non-hydrogen) atoms. The number of aromatic nitrogens is 2. The summed E-state index contributed by atoms with van der Waals surface area (Å²) >= 11 is 1.39. The lowest BCUT2D eigenvalue weighted by Gasteiger charge is -2.11. The highest BCUT2D eigenvalue weighted by Gasteiger charge is 2.19. The number of anilines is 1. The standard InChI is InChI=1S/C20H21N3O3S/c1-4-15(13-8-6-5-7-9-13)19-22-23-20(27-19)21-18(24)14-10-11-16(25-2)17(12-14)26-3/h5-12,15H,4H2,1-3H3,(H,21,23,24)/t15-/m1/s1. The van der Waals surface area contributed by atoms with Gasteiger partial charge in [0.2, 0.25) is 5.13 Å². The largest absolute Gasteiger partial charge is 0.493 e. The third-order valence-corrected chi connectivity index (χ3v) is 5.17. The molecule has 2 aromatic carbocycles. The van der Waals surface area contributed by atoms with Crippen LogP contribution in [0.3, 0.4) is 0 Å². The molecule has 0 radical (unpaired) electrons. The molecule has 0 aliphatic rings. The number of ether oxygens (including phenoxy) is 2. The van der Waals surface area contributed by atoms with E-state index >= 15 is 0 Å². The zero-order valence-corrected chi connectivity index (χ0v) is 16.2. The zero-order chi connectivity index (χ0) is 19.2. The van der Waals surface area contributed by atoms with Crippen LogP contribution < -0.4 is 14.8 Å². The van der Waals surface area contributed by atoms with Gasteiger partial charge in [-0.2, -0.15) is 0 Å². The second-order valence-electron chi connectivity index (χ2n) is 5.84. The van der Waals surface area contributed by atoms with Crippen molar-refractivity contribution in [3.8, 4) is 11.5 Å². The normalized spacial score (nSPS) is 11.7. The predicted octanol–water partition coefficient (Wildman–Crippen LogP) is 4.35. The smallest absolute Gasteiger partial charge is 0.257 e. The van der Waals surface area contributed by atoms with E-state index in [1.165, 1.54) is 24.0 Å². The minimum absolute atomic E-state index is 0.162. The van der Waals surface area contributed by atoms with E-state index in [1.54, 1.807) is 25.3 Å². The first-order valence-electron chi connectivity index (χ1n) is 8.58. The van der Waals surface area contributed by atoms with Crippen LogP contribution in [0.5, 0.6) is 11.5 Å². The maximum atomic E-state index is 12.5. The number of methoxy groups -OCH3 is 2. The molecular weight excluding hydrogens is 362 g/mol. The minimum Gasteiger partial charge on any atom is -0.493 e. The maximum Gasteiger partial charge on any atom is 0.257 e. The molecule has 1 atom stereocenters. The number of hydrogen-bond donors (Lipinski definition) is 1. The third kappa shape index (κ3) is 4.25. The Hall–Kier alpha value is -2.93. The Morgan fingerprint density at radius 3 is 2.48 bits per heavy atom. The van der Waals surface area contributed by atoms with Crippen molar-refractivity contribution in [1.29, 1.82) is 0 Å². The summed E-state index contributed by atoms with van der Waals surface area (Å²) in [5.41, 5.74) is 1.65. The highest BCUT2D eigenvalue weighted by Crippen LogP contribution is 2.32. The summed E-state index contributed by atoms with van der Waals surface area (Å²) in [7, 11) is 3.09. The van der Waals surface area contributed by atoms with E-state index in [-0.39, 0.29) is 11.8 Å². The molecule has 0 aliphatic carbocycles. The summed E-state index contributed by atoms with van der Waals surface area (Å²) in [4.78, 5) is 12.5. The number of carbonyl (C=O) groups excluding carboxylic acids is 1. The second kappa shape index (κ2) is 8.64. The Morgan fingerprint density at radius 1 is 1.07 bits per heavy atom. The molecular formula is C20H21N3O3S. The van der Waals surface area contributed by atoms with Crippen molar-refractivity contribution >= 4 is 22.4 Å². The van der Waals surface area contributed by atoms with Gasteiger partial charge in [-0.05, 0) is 30.2 Å². The molecule has 140 valence electrons. The van der Waals surface area contributed by atoms with Crippen LogP contribution in [0.2, 0.25) is 0 Å². The van der Waals surface area contributed by atoms with Crippen molar-refractivity contribution < 1.29 is 14.3 Å². The predicted molar refractivity (Wildman–Crippen MR) is 106 cm³/mol. The molecule has 7 heteroatoms. The molecule has 0 fully saturated rings. The van der Waals surface area contributed by atoms with Gasteiger partial charge in [-0.1, -0.05) is 48.6 Å². The average Bonchev–Trinajstić information content (AvgIpc) is 3.16. The highest BCUT2D eigenvalue weighted by molar-refractivity contribution is 7.15. The molecule has 0 spiro atoms. The second-order valence-corrected chi connectivity index (χ2v) is 6.85. The first-order valence-corrected chi connectivity index (χ1v) is 9.39. The number of rotatable bonds is 7. The highest BCUT2D eigenvalue weighted by atomic mass is 32.1. The molecule has 0 saturated carbocycles. The fraction of sp³-hybridized carbons (Fsp3) is 0.250. The monoisotopic (exact) mass is 383 g/mol. The molecule has 1 amide bonds. The molecule has 0 aliphatic heterocycles. The van der Waals surface area contributed by atoms with Gasteiger partial charge in [-0.15, -0.1) is 10.2 Å². The number of benzene rings is 2. The fourth-order valence-electron chi connectivity index (χ4n) is 2.81. The molecule has 0 saturated heterocycles. The Kier molecular flexibility index (Phi) is 6.03. The van der Waals surface area contributed by atoms with E-state index in [1.807, 2.05) is 18.2 Å². The summed E-state index contributed by atoms with van der Waals surface area (Å²) < 4.78 is 10.4. The first-order chi connectivity index (χ1) is 13.2. The van der Waals surface area contributed by atoms with Crippen LogP contribution in [0, 0.1) is 0 Å². The van der Waals surface area contributed by atoms with Crippen LogP contribution in [0.1, 0.15) is 40.2 Å². The summed E-state index contributed by atoms with van der Waals surface area (Å²) in [6, 6.07) is 15.2. The van der Waals surface area contributed by atoms with Crippen LogP contribution in [0.25, 0.3) is 0 Å². The number of amides is 1. The van der Waals surface area contributed by atoms with Crippen LogP contribution >= 0.6 is 11.3 Å². The minimum atomic E-state index is -0.272. The lowest BCUT2D eigenvalue weighted by atomic mass is 9.97. The van der Waals surface area contributed by atoms with Gasteiger partial charge in [0.1, 0.15) is 5.01 Å². The molecule has 0 bridgehead atoms. The lowest BCUT2D eigenvalue weighted by molar-refractivity contribution is 0.102. The van der Waals surface area contributed by atoms with Crippen LogP contribution in [0.4, 0.5) is 5.13 Å². The van der Waals surface area contributed by atoms with Crippen LogP contribution in [-0.2, 0) is 0 Å². The van der Waals surface area contributed by atoms with Gasteiger partial charge in [0.15, 0.2) is 11.5 Å². The van der Waals surface area contributed by atoms with E-state index in [9.17, 15) is 4.79 Å². The van der Waals surface area contributed by atoms with Gasteiger partial charge < -0.3 is 9.47 Å². The van der Waals surface area contributed by atoms with Crippen LogP contribution in [-0.4, -0.2) is 30.3 Å². The summed E-state index contributed by atoms with van der Waals surface area (Å²) in [5, 5.41) is 12.6. The first kappa shape index (κ1) is 18.8. The molecule has 6 nitrogen and oxygen atoms in total.